The van der Waals surface area contributed by atoms with Crippen LogP contribution in [0.3, 0.4) is 0 Å². The normalized spacial score (nSPS) is 12.9. The highest BCUT2D eigenvalue weighted by Gasteiger charge is 2.17. The molecule has 0 aliphatic heterocycles. The summed E-state index contributed by atoms with van der Waals surface area (Å²) < 4.78 is 7.14. The van der Waals surface area contributed by atoms with Crippen LogP contribution in [0.2, 0.25) is 0 Å². The van der Waals surface area contributed by atoms with Gasteiger partial charge in [-0.3, -0.25) is 4.68 Å². The van der Waals surface area contributed by atoms with Crippen molar-refractivity contribution in [1.82, 2.24) is 19.9 Å². The van der Waals surface area contributed by atoms with Gasteiger partial charge in [0.1, 0.15) is 0 Å². The summed E-state index contributed by atoms with van der Waals surface area (Å²) in [5, 5.41) is 9.45. The van der Waals surface area contributed by atoms with E-state index in [0.29, 0.717) is 23.8 Å². The van der Waals surface area contributed by atoms with Crippen LogP contribution in [0.25, 0.3) is 22.5 Å². The Morgan fingerprint density at radius 3 is 2.95 bits per heavy atom. The fraction of sp³-hybridized carbons (Fsp3) is 0.357. The Morgan fingerprint density at radius 2 is 2.15 bits per heavy atom. The molecule has 0 saturated carbocycles. The molecule has 0 aliphatic rings. The third kappa shape index (κ3) is 2.18. The summed E-state index contributed by atoms with van der Waals surface area (Å²) in [7, 11) is 1.90. The zero-order valence-corrected chi connectivity index (χ0v) is 11.6. The van der Waals surface area contributed by atoms with Crippen molar-refractivity contribution in [2.75, 3.05) is 0 Å². The number of aromatic nitrogens is 4. The number of benzene rings is 1. The number of nitrogens with zero attached hydrogens (tertiary/aromatic N) is 4. The second-order valence-corrected chi connectivity index (χ2v) is 4.88. The number of fused-ring (bicyclic) bond motifs is 1. The van der Waals surface area contributed by atoms with Crippen molar-refractivity contribution in [1.29, 1.82) is 0 Å². The van der Waals surface area contributed by atoms with Gasteiger partial charge in [0, 0.05) is 24.9 Å². The molecule has 2 N–H and O–H groups in total. The quantitative estimate of drug-likeness (QED) is 0.783. The minimum atomic E-state index is 0.0564. The van der Waals surface area contributed by atoms with E-state index in [1.54, 1.807) is 0 Å². The molecule has 0 aliphatic carbocycles. The maximum Gasteiger partial charge on any atom is 0.279 e. The zero-order chi connectivity index (χ0) is 14.1. The van der Waals surface area contributed by atoms with Crippen molar-refractivity contribution < 1.29 is 4.52 Å². The van der Waals surface area contributed by atoms with Crippen LogP contribution >= 0.6 is 0 Å². The molecule has 20 heavy (non-hydrogen) atoms. The molecule has 0 bridgehead atoms. The summed E-state index contributed by atoms with van der Waals surface area (Å²) >= 11 is 0. The van der Waals surface area contributed by atoms with E-state index in [1.807, 2.05) is 42.9 Å². The Labute approximate surface area is 116 Å². The Morgan fingerprint density at radius 1 is 1.35 bits per heavy atom. The number of aryl methyl sites for hydroxylation is 1. The van der Waals surface area contributed by atoms with E-state index in [2.05, 4.69) is 15.2 Å². The van der Waals surface area contributed by atoms with Gasteiger partial charge >= 0.3 is 0 Å². The third-order valence-corrected chi connectivity index (χ3v) is 3.40. The van der Waals surface area contributed by atoms with Crippen molar-refractivity contribution in [3.05, 3.63) is 30.1 Å². The molecule has 3 aromatic rings. The van der Waals surface area contributed by atoms with Crippen LogP contribution in [0.4, 0.5) is 0 Å². The molecule has 6 heteroatoms. The first-order valence-electron chi connectivity index (χ1n) is 6.69. The lowest BCUT2D eigenvalue weighted by atomic mass is 10.1. The summed E-state index contributed by atoms with van der Waals surface area (Å²) in [5.41, 5.74) is 7.66. The average molecular weight is 271 g/mol. The lowest BCUT2D eigenvalue weighted by Crippen LogP contribution is -2.21. The number of hydrogen-bond donors (Lipinski definition) is 1. The molecule has 0 amide bonds. The first kappa shape index (κ1) is 12.8. The molecule has 3 rings (SSSR count). The molecule has 0 fully saturated rings. The maximum atomic E-state index is 5.91. The first-order valence-corrected chi connectivity index (χ1v) is 6.69. The van der Waals surface area contributed by atoms with Gasteiger partial charge in [-0.1, -0.05) is 30.3 Å². The van der Waals surface area contributed by atoms with Gasteiger partial charge < -0.3 is 10.3 Å². The molecular formula is C14H17N5O. The number of nitrogens with two attached hydrogens (primary N) is 1. The molecule has 0 saturated heterocycles. The molecule has 1 aromatic carbocycles. The van der Waals surface area contributed by atoms with Gasteiger partial charge in [0.05, 0.1) is 5.52 Å². The molecule has 0 spiro atoms. The summed E-state index contributed by atoms with van der Waals surface area (Å²) in [5.74, 6) is 1.07. The topological polar surface area (TPSA) is 82.8 Å². The monoisotopic (exact) mass is 271 g/mol. The lowest BCUT2D eigenvalue weighted by molar-refractivity contribution is 0.418. The van der Waals surface area contributed by atoms with Gasteiger partial charge in [-0.05, 0) is 12.5 Å². The fourth-order valence-electron chi connectivity index (χ4n) is 2.18. The Balaban J connectivity index is 1.99. The molecule has 1 atom stereocenters. The van der Waals surface area contributed by atoms with Crippen LogP contribution in [0, 0.1) is 0 Å². The molecular weight excluding hydrogens is 254 g/mol. The summed E-state index contributed by atoms with van der Waals surface area (Å²) in [4.78, 5) is 4.40. The van der Waals surface area contributed by atoms with E-state index >= 15 is 0 Å². The van der Waals surface area contributed by atoms with Gasteiger partial charge in [-0.15, -0.1) is 0 Å². The lowest BCUT2D eigenvalue weighted by Gasteiger charge is -2.02. The predicted octanol–water partition coefficient (Wildman–Crippen LogP) is 1.90. The van der Waals surface area contributed by atoms with Crippen LogP contribution in [-0.2, 0) is 13.5 Å². The highest BCUT2D eigenvalue weighted by molar-refractivity contribution is 5.91. The van der Waals surface area contributed by atoms with E-state index in [9.17, 15) is 0 Å². The van der Waals surface area contributed by atoms with Crippen LogP contribution in [0.5, 0.6) is 0 Å². The smallest absolute Gasteiger partial charge is 0.279 e. The van der Waals surface area contributed by atoms with E-state index in [4.69, 9.17) is 10.3 Å². The molecule has 2 aromatic heterocycles. The van der Waals surface area contributed by atoms with Crippen LogP contribution in [0.15, 0.2) is 28.8 Å². The van der Waals surface area contributed by atoms with E-state index in [-0.39, 0.29) is 6.04 Å². The number of para-hydroxylation sites is 1. The van der Waals surface area contributed by atoms with Crippen LogP contribution in [-0.4, -0.2) is 26.0 Å². The van der Waals surface area contributed by atoms with Crippen molar-refractivity contribution in [2.24, 2.45) is 12.8 Å². The number of rotatable bonds is 4. The first-order chi connectivity index (χ1) is 9.69. The van der Waals surface area contributed by atoms with E-state index < -0.39 is 0 Å². The predicted molar refractivity (Wildman–Crippen MR) is 76.0 cm³/mol. The van der Waals surface area contributed by atoms with E-state index in [1.165, 1.54) is 0 Å². The Kier molecular flexibility index (Phi) is 3.23. The van der Waals surface area contributed by atoms with Crippen molar-refractivity contribution in [3.63, 3.8) is 0 Å². The van der Waals surface area contributed by atoms with Crippen molar-refractivity contribution in [2.45, 2.75) is 25.8 Å². The van der Waals surface area contributed by atoms with Crippen molar-refractivity contribution in [3.8, 4) is 11.6 Å². The summed E-state index contributed by atoms with van der Waals surface area (Å²) in [6.45, 7) is 2.04. The van der Waals surface area contributed by atoms with Crippen molar-refractivity contribution >= 4 is 10.9 Å². The number of hydrogen-bond acceptors (Lipinski definition) is 5. The van der Waals surface area contributed by atoms with Gasteiger partial charge in [0.15, 0.2) is 11.5 Å². The highest BCUT2D eigenvalue weighted by atomic mass is 16.5. The van der Waals surface area contributed by atoms with Gasteiger partial charge in [0.2, 0.25) is 0 Å². The Bertz CT molecular complexity index is 730. The van der Waals surface area contributed by atoms with Gasteiger partial charge in [0.25, 0.3) is 5.89 Å². The fourth-order valence-corrected chi connectivity index (χ4v) is 2.18. The second-order valence-electron chi connectivity index (χ2n) is 4.88. The zero-order valence-electron chi connectivity index (χ0n) is 11.6. The standard InChI is InChI=1S/C14H17N5O/c1-3-9(15)8-12-16-14(20-18-12)13-10-6-4-5-7-11(10)19(2)17-13/h4-7,9H,3,8,15H2,1-2H3. The minimum absolute atomic E-state index is 0.0564. The molecule has 104 valence electrons. The molecule has 1 unspecified atom stereocenters. The van der Waals surface area contributed by atoms with Gasteiger partial charge in [-0.2, -0.15) is 10.1 Å². The molecule has 2 heterocycles. The molecule has 0 radical (unpaired) electrons. The minimum Gasteiger partial charge on any atom is -0.332 e. The summed E-state index contributed by atoms with van der Waals surface area (Å²) in [6, 6.07) is 8.02. The highest BCUT2D eigenvalue weighted by Crippen LogP contribution is 2.26. The van der Waals surface area contributed by atoms with Gasteiger partial charge in [-0.25, -0.2) is 0 Å². The molecule has 6 nitrogen and oxygen atoms in total. The van der Waals surface area contributed by atoms with Crippen LogP contribution < -0.4 is 5.73 Å². The van der Waals surface area contributed by atoms with Crippen LogP contribution in [0.1, 0.15) is 19.2 Å². The third-order valence-electron chi connectivity index (χ3n) is 3.40. The summed E-state index contributed by atoms with van der Waals surface area (Å²) in [6.07, 6.45) is 1.50. The SMILES string of the molecule is CCC(N)Cc1noc(-c2nn(C)c3ccccc23)n1. The maximum absolute atomic E-state index is 5.91. The average Bonchev–Trinajstić information content (AvgIpc) is 3.04. The largest absolute Gasteiger partial charge is 0.332 e. The second kappa shape index (κ2) is 5.05. The Hall–Kier alpha value is -2.21. The van der Waals surface area contributed by atoms with E-state index in [0.717, 1.165) is 17.3 Å².